The van der Waals surface area contributed by atoms with E-state index in [0.29, 0.717) is 0 Å². The zero-order valence-electron chi connectivity index (χ0n) is 10.3. The van der Waals surface area contributed by atoms with Gasteiger partial charge < -0.3 is 5.11 Å². The van der Waals surface area contributed by atoms with Crippen molar-refractivity contribution < 1.29 is 9.90 Å². The third-order valence-corrected chi connectivity index (χ3v) is 4.70. The number of fused-ring (bicyclic) bond motifs is 1. The first-order valence-corrected chi connectivity index (χ1v) is 7.70. The van der Waals surface area contributed by atoms with E-state index in [4.69, 9.17) is 5.11 Å². The van der Waals surface area contributed by atoms with E-state index in [2.05, 4.69) is 11.9 Å². The smallest absolute Gasteiger partial charge is 0.309 e. The molecule has 0 saturated heterocycles. The molecule has 0 aromatic carbocycles. The second-order valence-electron chi connectivity index (χ2n) is 4.15. The summed E-state index contributed by atoms with van der Waals surface area (Å²) in [6.45, 7) is 2.07. The molecule has 4 nitrogen and oxygen atoms in total. The minimum Gasteiger partial charge on any atom is -0.481 e. The number of hydrogen-bond donors (Lipinski definition) is 1. The number of carboxylic acid groups (broad SMARTS) is 1. The molecule has 0 aliphatic heterocycles. The van der Waals surface area contributed by atoms with E-state index in [-0.39, 0.29) is 6.42 Å². The maximum absolute atomic E-state index is 10.9. The lowest BCUT2D eigenvalue weighted by atomic mass is 10.2. The van der Waals surface area contributed by atoms with Gasteiger partial charge in [-0.25, -0.2) is 4.98 Å². The van der Waals surface area contributed by atoms with Crippen LogP contribution < -0.4 is 0 Å². The van der Waals surface area contributed by atoms with Gasteiger partial charge in [0.25, 0.3) is 0 Å². The molecule has 0 saturated carbocycles. The van der Waals surface area contributed by atoms with E-state index in [1.807, 2.05) is 27.3 Å². The van der Waals surface area contributed by atoms with Gasteiger partial charge in [-0.3, -0.25) is 9.20 Å². The lowest BCUT2D eigenvalue weighted by molar-refractivity contribution is -0.136. The molecule has 0 aliphatic carbocycles. The number of aromatic nitrogens is 2. The lowest BCUT2D eigenvalue weighted by Gasteiger charge is -2.02. The topological polar surface area (TPSA) is 54.6 Å². The van der Waals surface area contributed by atoms with Gasteiger partial charge in [0.2, 0.25) is 0 Å². The van der Waals surface area contributed by atoms with Gasteiger partial charge in [0.1, 0.15) is 5.69 Å². The third kappa shape index (κ3) is 2.06. The Morgan fingerprint density at radius 3 is 2.95 bits per heavy atom. The maximum Gasteiger partial charge on any atom is 0.309 e. The molecule has 0 unspecified atom stereocenters. The highest BCUT2D eigenvalue weighted by atomic mass is 32.1. The van der Waals surface area contributed by atoms with Crippen LogP contribution in [0.2, 0.25) is 0 Å². The molecule has 0 bridgehead atoms. The van der Waals surface area contributed by atoms with Crippen LogP contribution in [0.3, 0.4) is 0 Å². The van der Waals surface area contributed by atoms with Crippen LogP contribution in [0.4, 0.5) is 0 Å². The number of carbonyl (C=O) groups is 1. The molecule has 0 spiro atoms. The van der Waals surface area contributed by atoms with Crippen molar-refractivity contribution >= 4 is 33.6 Å². The molecule has 0 radical (unpaired) electrons. The Hall–Kier alpha value is -1.66. The second-order valence-corrected chi connectivity index (χ2v) is 5.94. The molecule has 0 atom stereocenters. The molecule has 1 N–H and O–H groups in total. The van der Waals surface area contributed by atoms with Crippen LogP contribution in [0.1, 0.15) is 18.3 Å². The number of aliphatic carboxylic acids is 1. The summed E-state index contributed by atoms with van der Waals surface area (Å²) >= 11 is 3.15. The van der Waals surface area contributed by atoms with Crippen molar-refractivity contribution in [1.82, 2.24) is 9.38 Å². The number of carboxylic acids is 1. The van der Waals surface area contributed by atoms with Gasteiger partial charge in [0.05, 0.1) is 17.0 Å². The minimum absolute atomic E-state index is 0.0350. The largest absolute Gasteiger partial charge is 0.481 e. The molecular weight excluding hydrogens is 280 g/mol. The molecule has 0 fully saturated rings. The van der Waals surface area contributed by atoms with E-state index in [1.54, 1.807) is 11.3 Å². The van der Waals surface area contributed by atoms with E-state index < -0.39 is 5.97 Å². The van der Waals surface area contributed by atoms with Crippen LogP contribution in [0, 0.1) is 0 Å². The Morgan fingerprint density at radius 1 is 1.47 bits per heavy atom. The Balaban J connectivity index is 2.21. The zero-order chi connectivity index (χ0) is 13.4. The minimum atomic E-state index is -0.812. The molecular formula is C13H12N2O2S2. The number of hydrogen-bond acceptors (Lipinski definition) is 4. The predicted octanol–water partition coefficient (Wildman–Crippen LogP) is 3.31. The number of nitrogens with zero attached hydrogens (tertiary/aromatic N) is 2. The highest BCUT2D eigenvalue weighted by Gasteiger charge is 2.18. The standard InChI is InChI=1S/C13H12N2O2S2/c1-2-9-12(10-4-3-5-18-10)14-13-15(9)8(7-19-13)6-11(16)17/h3-5,7H,2,6H2,1H3,(H,16,17). The SMILES string of the molecule is CCc1c(-c2cccs2)nc2scc(CC(=O)O)n12. The fraction of sp³-hybridized carbons (Fsp3) is 0.231. The van der Waals surface area contributed by atoms with Crippen LogP contribution in [0.15, 0.2) is 22.9 Å². The molecule has 19 heavy (non-hydrogen) atoms. The normalized spacial score (nSPS) is 11.2. The summed E-state index contributed by atoms with van der Waals surface area (Å²) in [5.41, 5.74) is 2.88. The Morgan fingerprint density at radius 2 is 2.32 bits per heavy atom. The number of imidazole rings is 1. The van der Waals surface area contributed by atoms with Gasteiger partial charge in [0.15, 0.2) is 4.96 Å². The summed E-state index contributed by atoms with van der Waals surface area (Å²) in [4.78, 5) is 17.6. The van der Waals surface area contributed by atoms with Gasteiger partial charge in [-0.1, -0.05) is 13.0 Å². The molecule has 0 amide bonds. The third-order valence-electron chi connectivity index (χ3n) is 2.95. The van der Waals surface area contributed by atoms with Crippen molar-refractivity contribution in [3.8, 4) is 10.6 Å². The molecule has 3 aromatic rings. The second kappa shape index (κ2) is 4.79. The van der Waals surface area contributed by atoms with Crippen LogP contribution in [0.5, 0.6) is 0 Å². The Bertz CT molecular complexity index is 725. The van der Waals surface area contributed by atoms with Crippen molar-refractivity contribution in [3.63, 3.8) is 0 Å². The van der Waals surface area contributed by atoms with Gasteiger partial charge in [0, 0.05) is 11.1 Å². The van der Waals surface area contributed by atoms with Crippen molar-refractivity contribution in [1.29, 1.82) is 0 Å². The van der Waals surface area contributed by atoms with E-state index in [0.717, 1.165) is 33.3 Å². The Labute approximate surface area is 118 Å². The molecule has 98 valence electrons. The van der Waals surface area contributed by atoms with Crippen molar-refractivity contribution in [2.45, 2.75) is 19.8 Å². The number of rotatable bonds is 4. The fourth-order valence-electron chi connectivity index (χ4n) is 2.19. The van der Waals surface area contributed by atoms with Gasteiger partial charge in [-0.15, -0.1) is 22.7 Å². The van der Waals surface area contributed by atoms with Gasteiger partial charge in [-0.05, 0) is 17.9 Å². The zero-order valence-corrected chi connectivity index (χ0v) is 11.9. The average molecular weight is 292 g/mol. The fourth-order valence-corrected chi connectivity index (χ4v) is 3.84. The quantitative estimate of drug-likeness (QED) is 0.802. The molecule has 3 heterocycles. The molecule has 3 aromatic heterocycles. The summed E-state index contributed by atoms with van der Waals surface area (Å²) in [7, 11) is 0. The summed E-state index contributed by atoms with van der Waals surface area (Å²) in [6, 6.07) is 4.05. The van der Waals surface area contributed by atoms with E-state index >= 15 is 0 Å². The Kier molecular flexibility index (Phi) is 3.12. The summed E-state index contributed by atoms with van der Waals surface area (Å²) in [5, 5.41) is 12.9. The highest BCUT2D eigenvalue weighted by Crippen LogP contribution is 2.31. The number of aryl methyl sites for hydroxylation is 1. The number of thiophene rings is 1. The maximum atomic E-state index is 10.9. The van der Waals surface area contributed by atoms with Crippen molar-refractivity contribution in [3.05, 3.63) is 34.3 Å². The average Bonchev–Trinajstić information content (AvgIpc) is 3.04. The lowest BCUT2D eigenvalue weighted by Crippen LogP contribution is -2.04. The summed E-state index contributed by atoms with van der Waals surface area (Å²) < 4.78 is 1.99. The first kappa shape index (κ1) is 12.4. The van der Waals surface area contributed by atoms with E-state index in [1.165, 1.54) is 11.3 Å². The van der Waals surface area contributed by atoms with Gasteiger partial charge in [-0.2, -0.15) is 0 Å². The molecule has 6 heteroatoms. The van der Waals surface area contributed by atoms with Crippen molar-refractivity contribution in [2.24, 2.45) is 0 Å². The van der Waals surface area contributed by atoms with Crippen LogP contribution in [0.25, 0.3) is 15.5 Å². The number of thiazole rings is 1. The van der Waals surface area contributed by atoms with Crippen molar-refractivity contribution in [2.75, 3.05) is 0 Å². The van der Waals surface area contributed by atoms with Crippen LogP contribution >= 0.6 is 22.7 Å². The molecule has 3 rings (SSSR count). The van der Waals surface area contributed by atoms with Gasteiger partial charge >= 0.3 is 5.97 Å². The highest BCUT2D eigenvalue weighted by molar-refractivity contribution is 7.15. The van der Waals surface area contributed by atoms with E-state index in [9.17, 15) is 4.79 Å². The predicted molar refractivity (Wildman–Crippen MR) is 77.1 cm³/mol. The summed E-state index contributed by atoms with van der Waals surface area (Å²) in [5.74, 6) is -0.812. The first-order chi connectivity index (χ1) is 9.20. The van der Waals surface area contributed by atoms with Crippen LogP contribution in [-0.2, 0) is 17.6 Å². The molecule has 0 aliphatic rings. The first-order valence-electron chi connectivity index (χ1n) is 5.94. The summed E-state index contributed by atoms with van der Waals surface area (Å²) in [6.07, 6.45) is 0.866. The van der Waals surface area contributed by atoms with Crippen LogP contribution in [-0.4, -0.2) is 20.5 Å². The monoisotopic (exact) mass is 292 g/mol.